The molecule has 0 aliphatic heterocycles. The number of nitrogens with zero attached hydrogens (tertiary/aromatic N) is 2. The maximum absolute atomic E-state index is 12.0. The second-order valence-electron chi connectivity index (χ2n) is 5.13. The number of anilines is 1. The summed E-state index contributed by atoms with van der Waals surface area (Å²) in [5.41, 5.74) is 1.29. The second kappa shape index (κ2) is 9.60. The highest BCUT2D eigenvalue weighted by Gasteiger charge is 2.09. The molecule has 0 spiro atoms. The van der Waals surface area contributed by atoms with Gasteiger partial charge in [0, 0.05) is 16.4 Å². The van der Waals surface area contributed by atoms with Crippen molar-refractivity contribution in [3.05, 3.63) is 71.2 Å². The number of aromatic nitrogens is 2. The van der Waals surface area contributed by atoms with Crippen LogP contribution in [-0.2, 0) is 16.3 Å². The summed E-state index contributed by atoms with van der Waals surface area (Å²) >= 11 is 4.73. The third-order valence-electron chi connectivity index (χ3n) is 3.16. The van der Waals surface area contributed by atoms with Gasteiger partial charge in [-0.1, -0.05) is 59.9 Å². The fourth-order valence-corrected chi connectivity index (χ4v) is 4.53. The summed E-state index contributed by atoms with van der Waals surface area (Å²) in [6.45, 7) is 0. The van der Waals surface area contributed by atoms with Gasteiger partial charge in [0.25, 0.3) is 0 Å². The quantitative estimate of drug-likeness (QED) is 0.568. The maximum Gasteiger partial charge on any atom is 0.236 e. The first-order valence-corrected chi connectivity index (χ1v) is 10.7. The third kappa shape index (κ3) is 6.19. The molecule has 3 aromatic rings. The zero-order chi connectivity index (χ0) is 17.3. The van der Waals surface area contributed by atoms with Crippen molar-refractivity contribution in [2.45, 2.75) is 16.4 Å². The summed E-state index contributed by atoms with van der Waals surface area (Å²) in [5, 5.41) is 12.5. The number of benzene rings is 2. The van der Waals surface area contributed by atoms with Gasteiger partial charge < -0.3 is 0 Å². The summed E-state index contributed by atoms with van der Waals surface area (Å²) in [6.07, 6.45) is 0. The Labute approximate surface area is 159 Å². The van der Waals surface area contributed by atoms with Crippen LogP contribution in [0, 0.1) is 0 Å². The number of hydrogen-bond donors (Lipinski definition) is 1. The standard InChI is InChI=1S/C18H17N3OS3/c22-16(12-24-15-9-5-2-6-10-15)19-18-21-20-17(25-18)13-23-11-14-7-3-1-4-8-14/h1-10H,11-13H2,(H,19,21,22). The fraction of sp³-hybridized carbons (Fsp3) is 0.167. The molecule has 0 atom stereocenters. The summed E-state index contributed by atoms with van der Waals surface area (Å²) in [6, 6.07) is 20.2. The van der Waals surface area contributed by atoms with Crippen molar-refractivity contribution in [3.8, 4) is 0 Å². The van der Waals surface area contributed by atoms with Gasteiger partial charge in [-0.05, 0) is 17.7 Å². The Kier molecular flexibility index (Phi) is 6.90. The zero-order valence-electron chi connectivity index (χ0n) is 13.4. The van der Waals surface area contributed by atoms with Crippen LogP contribution in [-0.4, -0.2) is 21.9 Å². The van der Waals surface area contributed by atoms with Gasteiger partial charge >= 0.3 is 0 Å². The smallest absolute Gasteiger partial charge is 0.236 e. The summed E-state index contributed by atoms with van der Waals surface area (Å²) in [7, 11) is 0. The molecule has 128 valence electrons. The summed E-state index contributed by atoms with van der Waals surface area (Å²) in [5.74, 6) is 2.03. The number of carbonyl (C=O) groups is 1. The lowest BCUT2D eigenvalue weighted by molar-refractivity contribution is -0.113. The van der Waals surface area contributed by atoms with E-state index in [9.17, 15) is 4.79 Å². The molecule has 7 heteroatoms. The zero-order valence-corrected chi connectivity index (χ0v) is 15.9. The third-order valence-corrected chi connectivity index (χ3v) is 6.21. The minimum absolute atomic E-state index is 0.0616. The van der Waals surface area contributed by atoms with Crippen LogP contribution in [0.15, 0.2) is 65.6 Å². The molecule has 3 rings (SSSR count). The first-order valence-electron chi connectivity index (χ1n) is 7.71. The van der Waals surface area contributed by atoms with E-state index in [0.717, 1.165) is 21.4 Å². The van der Waals surface area contributed by atoms with E-state index in [2.05, 4.69) is 27.6 Å². The van der Waals surface area contributed by atoms with E-state index in [1.54, 1.807) is 11.8 Å². The molecule has 1 heterocycles. The van der Waals surface area contributed by atoms with Crippen molar-refractivity contribution in [1.29, 1.82) is 0 Å². The van der Waals surface area contributed by atoms with Gasteiger partial charge in [0.2, 0.25) is 11.0 Å². The topological polar surface area (TPSA) is 54.9 Å². The van der Waals surface area contributed by atoms with Crippen molar-refractivity contribution in [2.24, 2.45) is 0 Å². The van der Waals surface area contributed by atoms with Gasteiger partial charge in [-0.25, -0.2) is 0 Å². The number of rotatable bonds is 8. The number of thioether (sulfide) groups is 2. The van der Waals surface area contributed by atoms with Crippen LogP contribution in [0.25, 0.3) is 0 Å². The monoisotopic (exact) mass is 387 g/mol. The van der Waals surface area contributed by atoms with Crippen molar-refractivity contribution < 1.29 is 4.79 Å². The predicted octanol–water partition coefficient (Wildman–Crippen LogP) is 4.70. The Bertz CT molecular complexity index is 794. The Balaban J connectivity index is 1.41. The average Bonchev–Trinajstić information content (AvgIpc) is 3.09. The van der Waals surface area contributed by atoms with E-state index < -0.39 is 0 Å². The molecular weight excluding hydrogens is 370 g/mol. The molecule has 1 amide bonds. The van der Waals surface area contributed by atoms with E-state index in [0.29, 0.717) is 10.9 Å². The van der Waals surface area contributed by atoms with Crippen molar-refractivity contribution in [2.75, 3.05) is 11.1 Å². The number of hydrogen-bond acceptors (Lipinski definition) is 6. The molecule has 0 aliphatic carbocycles. The Hall–Kier alpha value is -1.83. The van der Waals surface area contributed by atoms with Crippen LogP contribution in [0.2, 0.25) is 0 Å². The number of carbonyl (C=O) groups excluding carboxylic acids is 1. The fourth-order valence-electron chi connectivity index (χ4n) is 2.01. The normalized spacial score (nSPS) is 10.6. The molecule has 25 heavy (non-hydrogen) atoms. The van der Waals surface area contributed by atoms with Crippen LogP contribution < -0.4 is 5.32 Å². The molecule has 0 bridgehead atoms. The Morgan fingerprint density at radius 1 is 0.960 bits per heavy atom. The van der Waals surface area contributed by atoms with Crippen LogP contribution in [0.5, 0.6) is 0 Å². The lowest BCUT2D eigenvalue weighted by Gasteiger charge is -2.01. The van der Waals surface area contributed by atoms with Crippen molar-refractivity contribution >= 4 is 45.9 Å². The molecule has 0 radical (unpaired) electrons. The molecule has 2 aromatic carbocycles. The van der Waals surface area contributed by atoms with Crippen LogP contribution in [0.1, 0.15) is 10.6 Å². The molecule has 0 saturated heterocycles. The minimum Gasteiger partial charge on any atom is -0.300 e. The first kappa shape index (κ1) is 18.0. The Morgan fingerprint density at radius 3 is 2.44 bits per heavy atom. The predicted molar refractivity (Wildman–Crippen MR) is 107 cm³/mol. The van der Waals surface area contributed by atoms with Gasteiger partial charge in [0.05, 0.1) is 5.75 Å². The van der Waals surface area contributed by atoms with Gasteiger partial charge in [-0.3, -0.25) is 10.1 Å². The molecule has 1 N–H and O–H groups in total. The maximum atomic E-state index is 12.0. The highest BCUT2D eigenvalue weighted by Crippen LogP contribution is 2.23. The molecule has 0 aliphatic rings. The van der Waals surface area contributed by atoms with E-state index in [1.165, 1.54) is 28.7 Å². The molecule has 0 saturated carbocycles. The van der Waals surface area contributed by atoms with Gasteiger partial charge in [0.1, 0.15) is 5.01 Å². The van der Waals surface area contributed by atoms with Gasteiger partial charge in [0.15, 0.2) is 0 Å². The lowest BCUT2D eigenvalue weighted by atomic mass is 10.2. The number of nitrogens with one attached hydrogen (secondary N) is 1. The van der Waals surface area contributed by atoms with Crippen LogP contribution in [0.4, 0.5) is 5.13 Å². The van der Waals surface area contributed by atoms with E-state index >= 15 is 0 Å². The van der Waals surface area contributed by atoms with E-state index in [-0.39, 0.29) is 5.91 Å². The largest absolute Gasteiger partial charge is 0.300 e. The lowest BCUT2D eigenvalue weighted by Crippen LogP contribution is -2.13. The summed E-state index contributed by atoms with van der Waals surface area (Å²) in [4.78, 5) is 13.1. The molecule has 1 aromatic heterocycles. The minimum atomic E-state index is -0.0616. The van der Waals surface area contributed by atoms with Crippen molar-refractivity contribution in [3.63, 3.8) is 0 Å². The van der Waals surface area contributed by atoms with Gasteiger partial charge in [-0.2, -0.15) is 0 Å². The second-order valence-corrected chi connectivity index (χ2v) is 8.23. The SMILES string of the molecule is O=C(CSc1ccccc1)Nc1nnc(CSCc2ccccc2)s1. The summed E-state index contributed by atoms with van der Waals surface area (Å²) < 4.78 is 0. The molecule has 0 unspecified atom stereocenters. The van der Waals surface area contributed by atoms with Crippen LogP contribution in [0.3, 0.4) is 0 Å². The highest BCUT2D eigenvalue weighted by atomic mass is 32.2. The average molecular weight is 388 g/mol. The van der Waals surface area contributed by atoms with Crippen LogP contribution >= 0.6 is 34.9 Å². The van der Waals surface area contributed by atoms with Crippen molar-refractivity contribution in [1.82, 2.24) is 10.2 Å². The molecular formula is C18H17N3OS3. The number of amides is 1. The van der Waals surface area contributed by atoms with E-state index in [4.69, 9.17) is 0 Å². The van der Waals surface area contributed by atoms with Gasteiger partial charge in [-0.15, -0.1) is 33.7 Å². The highest BCUT2D eigenvalue weighted by molar-refractivity contribution is 8.00. The van der Waals surface area contributed by atoms with E-state index in [1.807, 2.05) is 48.5 Å². The molecule has 4 nitrogen and oxygen atoms in total. The Morgan fingerprint density at radius 2 is 1.68 bits per heavy atom. The first-order chi connectivity index (χ1) is 12.3. The molecule has 0 fully saturated rings.